The van der Waals surface area contributed by atoms with E-state index in [0.29, 0.717) is 21.9 Å². The number of fused-ring (bicyclic) bond motifs is 1. The van der Waals surface area contributed by atoms with Crippen molar-refractivity contribution in [1.82, 2.24) is 0 Å². The van der Waals surface area contributed by atoms with Crippen LogP contribution in [0.15, 0.2) is 57.7 Å². The topological polar surface area (TPSA) is 56.5 Å². The molecular formula is C19H13ClO4. The minimum absolute atomic E-state index is 0.0139. The molecule has 0 atom stereocenters. The Hall–Kier alpha value is -2.59. The highest BCUT2D eigenvalue weighted by molar-refractivity contribution is 6.30. The van der Waals surface area contributed by atoms with E-state index in [9.17, 15) is 9.59 Å². The highest BCUT2D eigenvalue weighted by Gasteiger charge is 2.31. The van der Waals surface area contributed by atoms with Crippen molar-refractivity contribution in [1.29, 1.82) is 0 Å². The normalized spacial score (nSPS) is 13.9. The Morgan fingerprint density at radius 1 is 1.08 bits per heavy atom. The van der Waals surface area contributed by atoms with Crippen molar-refractivity contribution in [3.05, 3.63) is 64.0 Å². The van der Waals surface area contributed by atoms with E-state index in [0.717, 1.165) is 23.8 Å². The van der Waals surface area contributed by atoms with Crippen LogP contribution in [0.2, 0.25) is 5.02 Å². The molecule has 5 heteroatoms. The van der Waals surface area contributed by atoms with Gasteiger partial charge < -0.3 is 9.15 Å². The number of carbonyl (C=O) groups excluding carboxylic acids is 1. The summed E-state index contributed by atoms with van der Waals surface area (Å²) in [5, 5.41) is 1.36. The monoisotopic (exact) mass is 340 g/mol. The van der Waals surface area contributed by atoms with Crippen LogP contribution in [-0.2, 0) is 4.79 Å². The van der Waals surface area contributed by atoms with Crippen LogP contribution in [0.1, 0.15) is 12.8 Å². The summed E-state index contributed by atoms with van der Waals surface area (Å²) in [6.45, 7) is 0. The van der Waals surface area contributed by atoms with Gasteiger partial charge in [-0.3, -0.25) is 4.79 Å². The molecule has 0 radical (unpaired) electrons. The number of ether oxygens (including phenoxy) is 1. The highest BCUT2D eigenvalue weighted by atomic mass is 35.5. The van der Waals surface area contributed by atoms with Gasteiger partial charge in [0.05, 0.1) is 11.5 Å². The van der Waals surface area contributed by atoms with E-state index >= 15 is 0 Å². The molecule has 1 fully saturated rings. The standard InChI is InChI=1S/C19H13ClO4/c20-14-6-3-11(4-7-14)16-9-13-5-8-15(10-17(13)24-19(16)22)23-18(21)12-1-2-12/h3-10,12H,1-2H2. The molecule has 4 nitrogen and oxygen atoms in total. The van der Waals surface area contributed by atoms with Crippen LogP contribution < -0.4 is 10.4 Å². The summed E-state index contributed by atoms with van der Waals surface area (Å²) in [6.07, 6.45) is 1.76. The molecule has 1 aromatic heterocycles. The second-order valence-corrected chi connectivity index (χ2v) is 6.29. The first-order valence-electron chi connectivity index (χ1n) is 7.66. The van der Waals surface area contributed by atoms with Crippen molar-refractivity contribution >= 4 is 28.5 Å². The zero-order valence-corrected chi connectivity index (χ0v) is 13.4. The number of benzene rings is 2. The molecule has 0 unspecified atom stereocenters. The summed E-state index contributed by atoms with van der Waals surface area (Å²) in [4.78, 5) is 24.0. The van der Waals surface area contributed by atoms with E-state index in [1.165, 1.54) is 0 Å². The van der Waals surface area contributed by atoms with Crippen molar-refractivity contribution in [2.45, 2.75) is 12.8 Å². The number of carbonyl (C=O) groups is 1. The van der Waals surface area contributed by atoms with Crippen molar-refractivity contribution < 1.29 is 13.9 Å². The van der Waals surface area contributed by atoms with E-state index in [1.807, 2.05) is 0 Å². The summed E-state index contributed by atoms with van der Waals surface area (Å²) in [7, 11) is 0. The van der Waals surface area contributed by atoms with E-state index in [4.69, 9.17) is 20.8 Å². The zero-order chi connectivity index (χ0) is 16.7. The molecule has 0 bridgehead atoms. The Morgan fingerprint density at radius 2 is 1.83 bits per heavy atom. The lowest BCUT2D eigenvalue weighted by Crippen LogP contribution is -2.09. The van der Waals surface area contributed by atoms with Crippen LogP contribution in [0.3, 0.4) is 0 Å². The van der Waals surface area contributed by atoms with E-state index < -0.39 is 5.63 Å². The average molecular weight is 341 g/mol. The number of hydrogen-bond acceptors (Lipinski definition) is 4. The first-order valence-corrected chi connectivity index (χ1v) is 8.03. The molecule has 0 amide bonds. The molecule has 0 N–H and O–H groups in total. The maximum atomic E-state index is 12.3. The van der Waals surface area contributed by atoms with Crippen LogP contribution in [0.25, 0.3) is 22.1 Å². The average Bonchev–Trinajstić information content (AvgIpc) is 3.40. The van der Waals surface area contributed by atoms with Gasteiger partial charge in [-0.05, 0) is 48.7 Å². The van der Waals surface area contributed by atoms with Gasteiger partial charge in [0.2, 0.25) is 0 Å². The lowest BCUT2D eigenvalue weighted by Gasteiger charge is -2.06. The first-order chi connectivity index (χ1) is 11.6. The molecule has 1 aliphatic rings. The molecule has 0 spiro atoms. The van der Waals surface area contributed by atoms with Crippen LogP contribution in [0.5, 0.6) is 5.75 Å². The van der Waals surface area contributed by atoms with Gasteiger partial charge in [-0.2, -0.15) is 0 Å². The summed E-state index contributed by atoms with van der Waals surface area (Å²) in [5.41, 5.74) is 1.13. The Morgan fingerprint density at radius 3 is 2.54 bits per heavy atom. The molecule has 0 saturated heterocycles. The quantitative estimate of drug-likeness (QED) is 0.402. The lowest BCUT2D eigenvalue weighted by atomic mass is 10.1. The van der Waals surface area contributed by atoms with Gasteiger partial charge in [-0.25, -0.2) is 4.79 Å². The molecule has 3 aromatic rings. The molecule has 4 rings (SSSR count). The molecule has 1 heterocycles. The predicted molar refractivity (Wildman–Crippen MR) is 91.3 cm³/mol. The van der Waals surface area contributed by atoms with Crippen LogP contribution >= 0.6 is 11.6 Å². The molecule has 2 aromatic carbocycles. The van der Waals surface area contributed by atoms with Gasteiger partial charge in [-0.15, -0.1) is 0 Å². The van der Waals surface area contributed by atoms with Crippen molar-refractivity contribution in [3.63, 3.8) is 0 Å². The van der Waals surface area contributed by atoms with Crippen LogP contribution in [0.4, 0.5) is 0 Å². The molecule has 1 saturated carbocycles. The van der Waals surface area contributed by atoms with Gasteiger partial charge in [0, 0.05) is 16.5 Å². The Balaban J connectivity index is 1.71. The number of rotatable bonds is 3. The summed E-state index contributed by atoms with van der Waals surface area (Å²) >= 11 is 5.88. The van der Waals surface area contributed by atoms with Gasteiger partial charge in [0.1, 0.15) is 11.3 Å². The van der Waals surface area contributed by atoms with Crippen molar-refractivity contribution in [2.75, 3.05) is 0 Å². The summed E-state index contributed by atoms with van der Waals surface area (Å²) in [6, 6.07) is 13.8. The molecule has 1 aliphatic carbocycles. The minimum atomic E-state index is -0.449. The number of esters is 1. The smallest absolute Gasteiger partial charge is 0.344 e. The minimum Gasteiger partial charge on any atom is -0.426 e. The Kier molecular flexibility index (Phi) is 3.62. The van der Waals surface area contributed by atoms with Gasteiger partial charge in [0.15, 0.2) is 0 Å². The fourth-order valence-corrected chi connectivity index (χ4v) is 2.63. The maximum Gasteiger partial charge on any atom is 0.344 e. The highest BCUT2D eigenvalue weighted by Crippen LogP contribution is 2.31. The lowest BCUT2D eigenvalue weighted by molar-refractivity contribution is -0.135. The zero-order valence-electron chi connectivity index (χ0n) is 12.6. The van der Waals surface area contributed by atoms with E-state index in [2.05, 4.69) is 0 Å². The number of hydrogen-bond donors (Lipinski definition) is 0. The second kappa shape index (κ2) is 5.80. The van der Waals surface area contributed by atoms with Crippen LogP contribution in [0, 0.1) is 5.92 Å². The third-order valence-electron chi connectivity index (χ3n) is 3.99. The van der Waals surface area contributed by atoms with Gasteiger partial charge >= 0.3 is 11.6 Å². The third-order valence-corrected chi connectivity index (χ3v) is 4.24. The largest absolute Gasteiger partial charge is 0.426 e. The van der Waals surface area contributed by atoms with Crippen molar-refractivity contribution in [2.24, 2.45) is 5.92 Å². The Labute approximate surface area is 142 Å². The van der Waals surface area contributed by atoms with Gasteiger partial charge in [-0.1, -0.05) is 23.7 Å². The third kappa shape index (κ3) is 2.93. The SMILES string of the molecule is O=C(Oc1ccc2cc(-c3ccc(Cl)cc3)c(=O)oc2c1)C1CC1. The van der Waals surface area contributed by atoms with E-state index in [1.54, 1.807) is 48.5 Å². The molecule has 120 valence electrons. The molecule has 0 aliphatic heterocycles. The first kappa shape index (κ1) is 15.0. The van der Waals surface area contributed by atoms with Gasteiger partial charge in [0.25, 0.3) is 0 Å². The Bertz CT molecular complexity index is 984. The number of halogens is 1. The predicted octanol–water partition coefficient (Wildman–Crippen LogP) is 4.43. The maximum absolute atomic E-state index is 12.3. The van der Waals surface area contributed by atoms with Crippen LogP contribution in [-0.4, -0.2) is 5.97 Å². The summed E-state index contributed by atoms with van der Waals surface area (Å²) < 4.78 is 10.7. The fourth-order valence-electron chi connectivity index (χ4n) is 2.50. The van der Waals surface area contributed by atoms with E-state index in [-0.39, 0.29) is 11.9 Å². The van der Waals surface area contributed by atoms with Crippen molar-refractivity contribution in [3.8, 4) is 16.9 Å². The second-order valence-electron chi connectivity index (χ2n) is 5.85. The molecular weight excluding hydrogens is 328 g/mol. The molecule has 24 heavy (non-hydrogen) atoms. The summed E-state index contributed by atoms with van der Waals surface area (Å²) in [5.74, 6) is 0.177. The fraction of sp³-hybridized carbons (Fsp3) is 0.158.